The molecule has 5 heteroatoms. The van der Waals surface area contributed by atoms with Crippen molar-refractivity contribution in [2.45, 2.75) is 26.2 Å². The summed E-state index contributed by atoms with van der Waals surface area (Å²) in [5.41, 5.74) is 2.22. The standard InChI is InChI=1S/C17H17N3O2/c1-2-3-5-13-11-19-16-15(21)14(7-9-20(16)17(13)22)12-6-4-8-18-10-12/h4,6-11,21H,2-3,5H2,1H3. The minimum atomic E-state index is -0.119. The van der Waals surface area contributed by atoms with Crippen LogP contribution in [0.3, 0.4) is 0 Å². The van der Waals surface area contributed by atoms with E-state index in [1.807, 2.05) is 6.07 Å². The van der Waals surface area contributed by atoms with Gasteiger partial charge in [0, 0.05) is 41.5 Å². The molecule has 0 aliphatic heterocycles. The van der Waals surface area contributed by atoms with E-state index in [1.165, 1.54) is 4.40 Å². The summed E-state index contributed by atoms with van der Waals surface area (Å²) >= 11 is 0. The summed E-state index contributed by atoms with van der Waals surface area (Å²) in [5.74, 6) is -0.00496. The Hall–Kier alpha value is -2.69. The van der Waals surface area contributed by atoms with E-state index in [1.54, 1.807) is 36.9 Å². The van der Waals surface area contributed by atoms with Crippen LogP contribution in [-0.4, -0.2) is 19.5 Å². The van der Waals surface area contributed by atoms with Gasteiger partial charge in [0.05, 0.1) is 0 Å². The summed E-state index contributed by atoms with van der Waals surface area (Å²) in [5, 5.41) is 10.4. The predicted molar refractivity (Wildman–Crippen MR) is 85.0 cm³/mol. The molecular weight excluding hydrogens is 278 g/mol. The van der Waals surface area contributed by atoms with Crippen LogP contribution in [0.1, 0.15) is 25.3 Å². The summed E-state index contributed by atoms with van der Waals surface area (Å²) in [7, 11) is 0. The minimum Gasteiger partial charge on any atom is -0.504 e. The molecule has 0 bridgehead atoms. The van der Waals surface area contributed by atoms with Crippen LogP contribution in [0.4, 0.5) is 0 Å². The van der Waals surface area contributed by atoms with E-state index in [9.17, 15) is 9.90 Å². The lowest BCUT2D eigenvalue weighted by Gasteiger charge is -2.09. The molecule has 112 valence electrons. The fourth-order valence-electron chi connectivity index (χ4n) is 2.46. The van der Waals surface area contributed by atoms with E-state index in [4.69, 9.17) is 0 Å². The van der Waals surface area contributed by atoms with E-state index >= 15 is 0 Å². The van der Waals surface area contributed by atoms with Crippen molar-refractivity contribution < 1.29 is 5.11 Å². The number of hydrogen-bond donors (Lipinski definition) is 1. The SMILES string of the molecule is CCCCc1cnc2c(O)c(-c3cccnc3)ccn2c1=O. The zero-order chi connectivity index (χ0) is 15.5. The molecule has 0 amide bonds. The van der Waals surface area contributed by atoms with Crippen molar-refractivity contribution in [3.05, 3.63) is 58.9 Å². The fourth-order valence-corrected chi connectivity index (χ4v) is 2.46. The summed E-state index contributed by atoms with van der Waals surface area (Å²) in [6.07, 6.45) is 9.23. The Morgan fingerprint density at radius 2 is 2.14 bits per heavy atom. The zero-order valence-corrected chi connectivity index (χ0v) is 12.4. The van der Waals surface area contributed by atoms with Crippen molar-refractivity contribution in [1.82, 2.24) is 14.4 Å². The molecule has 0 saturated heterocycles. The molecule has 1 N–H and O–H groups in total. The Morgan fingerprint density at radius 3 is 2.86 bits per heavy atom. The molecule has 3 rings (SSSR count). The van der Waals surface area contributed by atoms with E-state index in [0.29, 0.717) is 17.5 Å². The summed E-state index contributed by atoms with van der Waals surface area (Å²) in [6.45, 7) is 2.08. The number of aromatic nitrogens is 3. The Kier molecular flexibility index (Phi) is 3.87. The van der Waals surface area contributed by atoms with E-state index in [0.717, 1.165) is 18.4 Å². The topological polar surface area (TPSA) is 67.5 Å². The average molecular weight is 295 g/mol. The maximum Gasteiger partial charge on any atom is 0.261 e. The highest BCUT2D eigenvalue weighted by atomic mass is 16.3. The second-order valence-electron chi connectivity index (χ2n) is 5.21. The van der Waals surface area contributed by atoms with Crippen LogP contribution in [0.5, 0.6) is 5.75 Å². The number of pyridine rings is 2. The molecule has 0 aliphatic rings. The van der Waals surface area contributed by atoms with Gasteiger partial charge in [0.15, 0.2) is 11.4 Å². The minimum absolute atomic E-state index is 0.00496. The Bertz CT molecular complexity index is 857. The second kappa shape index (κ2) is 5.97. The summed E-state index contributed by atoms with van der Waals surface area (Å²) in [6, 6.07) is 5.37. The van der Waals surface area contributed by atoms with Crippen LogP contribution in [-0.2, 0) is 6.42 Å². The van der Waals surface area contributed by atoms with Crippen molar-refractivity contribution in [1.29, 1.82) is 0 Å². The maximum absolute atomic E-state index is 12.4. The lowest BCUT2D eigenvalue weighted by atomic mass is 10.1. The molecule has 0 aromatic carbocycles. The van der Waals surface area contributed by atoms with Gasteiger partial charge in [-0.25, -0.2) is 4.98 Å². The van der Waals surface area contributed by atoms with Gasteiger partial charge in [0.2, 0.25) is 0 Å². The van der Waals surface area contributed by atoms with Gasteiger partial charge in [-0.3, -0.25) is 14.2 Å². The third kappa shape index (κ3) is 2.45. The van der Waals surface area contributed by atoms with Crippen molar-refractivity contribution in [2.24, 2.45) is 0 Å². The Labute approximate surface area is 127 Å². The van der Waals surface area contributed by atoms with Gasteiger partial charge in [-0.05, 0) is 25.0 Å². The molecule has 3 aromatic heterocycles. The second-order valence-corrected chi connectivity index (χ2v) is 5.21. The number of nitrogens with zero attached hydrogens (tertiary/aromatic N) is 3. The molecule has 0 fully saturated rings. The van der Waals surface area contributed by atoms with Gasteiger partial charge >= 0.3 is 0 Å². The lowest BCUT2D eigenvalue weighted by Crippen LogP contribution is -2.19. The molecule has 5 nitrogen and oxygen atoms in total. The largest absolute Gasteiger partial charge is 0.504 e. The van der Waals surface area contributed by atoms with Crippen molar-refractivity contribution in [3.8, 4) is 16.9 Å². The first-order valence-corrected chi connectivity index (χ1v) is 7.35. The molecule has 0 spiro atoms. The van der Waals surface area contributed by atoms with Crippen molar-refractivity contribution in [3.63, 3.8) is 0 Å². The number of aromatic hydroxyl groups is 1. The van der Waals surface area contributed by atoms with Gasteiger partial charge in [-0.1, -0.05) is 19.4 Å². The molecule has 0 aliphatic carbocycles. The third-order valence-electron chi connectivity index (χ3n) is 3.69. The normalized spacial score (nSPS) is 11.0. The first kappa shape index (κ1) is 14.3. The predicted octanol–water partition coefficient (Wildman–Crippen LogP) is 2.80. The molecule has 3 aromatic rings. The Balaban J connectivity index is 2.15. The van der Waals surface area contributed by atoms with E-state index in [-0.39, 0.29) is 17.0 Å². The van der Waals surface area contributed by atoms with Gasteiger partial charge < -0.3 is 5.11 Å². The first-order chi connectivity index (χ1) is 10.7. The number of rotatable bonds is 4. The van der Waals surface area contributed by atoms with Crippen molar-refractivity contribution >= 4 is 5.65 Å². The molecule has 22 heavy (non-hydrogen) atoms. The van der Waals surface area contributed by atoms with Gasteiger partial charge in [0.25, 0.3) is 5.56 Å². The molecule has 0 atom stereocenters. The number of aryl methyl sites for hydroxylation is 1. The van der Waals surface area contributed by atoms with Crippen LogP contribution in [0.25, 0.3) is 16.8 Å². The van der Waals surface area contributed by atoms with Crippen LogP contribution < -0.4 is 5.56 Å². The smallest absolute Gasteiger partial charge is 0.261 e. The summed E-state index contributed by atoms with van der Waals surface area (Å²) in [4.78, 5) is 20.8. The monoisotopic (exact) mass is 295 g/mol. The lowest BCUT2D eigenvalue weighted by molar-refractivity contribution is 0.478. The van der Waals surface area contributed by atoms with Gasteiger partial charge in [0.1, 0.15) is 0 Å². The van der Waals surface area contributed by atoms with Gasteiger partial charge in [-0.2, -0.15) is 0 Å². The van der Waals surface area contributed by atoms with E-state index in [2.05, 4.69) is 16.9 Å². The average Bonchev–Trinajstić information content (AvgIpc) is 2.56. The Morgan fingerprint density at radius 1 is 1.27 bits per heavy atom. The van der Waals surface area contributed by atoms with E-state index < -0.39 is 0 Å². The highest BCUT2D eigenvalue weighted by Crippen LogP contribution is 2.30. The quantitative estimate of drug-likeness (QED) is 0.803. The third-order valence-corrected chi connectivity index (χ3v) is 3.69. The molecule has 0 radical (unpaired) electrons. The van der Waals surface area contributed by atoms with Crippen LogP contribution in [0.2, 0.25) is 0 Å². The maximum atomic E-state index is 12.4. The highest BCUT2D eigenvalue weighted by Gasteiger charge is 2.12. The number of hydrogen-bond acceptors (Lipinski definition) is 4. The number of fused-ring (bicyclic) bond motifs is 1. The van der Waals surface area contributed by atoms with Crippen LogP contribution in [0, 0.1) is 0 Å². The first-order valence-electron chi connectivity index (χ1n) is 7.35. The van der Waals surface area contributed by atoms with Gasteiger partial charge in [-0.15, -0.1) is 0 Å². The molecule has 0 saturated carbocycles. The number of unbranched alkanes of at least 4 members (excludes halogenated alkanes) is 1. The molecule has 3 heterocycles. The fraction of sp³-hybridized carbons (Fsp3) is 0.235. The van der Waals surface area contributed by atoms with Crippen molar-refractivity contribution in [2.75, 3.05) is 0 Å². The molecule has 0 unspecified atom stereocenters. The summed E-state index contributed by atoms with van der Waals surface area (Å²) < 4.78 is 1.40. The van der Waals surface area contributed by atoms with Crippen LogP contribution >= 0.6 is 0 Å². The van der Waals surface area contributed by atoms with Crippen LogP contribution in [0.15, 0.2) is 47.8 Å². The zero-order valence-electron chi connectivity index (χ0n) is 12.4. The highest BCUT2D eigenvalue weighted by molar-refractivity contribution is 5.76. The molecular formula is C17H17N3O2.